The van der Waals surface area contributed by atoms with Gasteiger partial charge in [0.05, 0.1) is 5.69 Å². The van der Waals surface area contributed by atoms with Gasteiger partial charge in [0.15, 0.2) is 0 Å². The lowest BCUT2D eigenvalue weighted by atomic mass is 10.0. The van der Waals surface area contributed by atoms with E-state index in [-0.39, 0.29) is 5.54 Å². The van der Waals surface area contributed by atoms with Gasteiger partial charge in [-0.1, -0.05) is 42.4 Å². The maximum atomic E-state index is 5.83. The molecule has 0 spiro atoms. The fourth-order valence-electron chi connectivity index (χ4n) is 2.22. The van der Waals surface area contributed by atoms with Crippen LogP contribution in [0.15, 0.2) is 54.6 Å². The van der Waals surface area contributed by atoms with Gasteiger partial charge in [-0.25, -0.2) is 0 Å². The van der Waals surface area contributed by atoms with Crippen LogP contribution >= 0.6 is 0 Å². The third-order valence-electron chi connectivity index (χ3n) is 4.23. The topological polar surface area (TPSA) is 64.9 Å². The second-order valence-corrected chi connectivity index (χ2v) is 6.55. The molecule has 0 bridgehead atoms. The molecule has 6 nitrogen and oxygen atoms in total. The highest BCUT2D eigenvalue weighted by Crippen LogP contribution is 2.21. The van der Waals surface area contributed by atoms with Crippen LogP contribution in [0.5, 0.6) is 11.8 Å². The molecule has 0 saturated heterocycles. The summed E-state index contributed by atoms with van der Waals surface area (Å²) in [4.78, 5) is 0. The number of nitrogens with zero attached hydrogens (tertiary/aromatic N) is 4. The van der Waals surface area contributed by atoms with Gasteiger partial charge in [-0.15, -0.1) is 0 Å². The van der Waals surface area contributed by atoms with Gasteiger partial charge in [0, 0.05) is 12.1 Å². The average molecular weight is 337 g/mol. The Balaban J connectivity index is 1.68. The lowest BCUT2D eigenvalue weighted by Gasteiger charge is -2.24. The molecule has 1 N–H and O–H groups in total. The van der Waals surface area contributed by atoms with Crippen molar-refractivity contribution in [3.8, 4) is 17.4 Å². The molecule has 0 fully saturated rings. The van der Waals surface area contributed by atoms with Crippen LogP contribution in [0.25, 0.3) is 5.69 Å². The number of benzene rings is 2. The standard InChI is InChI=1S/C19H23N5O/c1-4-19(2,3)20-14-15-10-12-17(13-11-15)25-18-21-22-23-24(18)16-8-6-5-7-9-16/h5-13,20H,4,14H2,1-3H3. The van der Waals surface area contributed by atoms with E-state index < -0.39 is 0 Å². The maximum absolute atomic E-state index is 5.83. The summed E-state index contributed by atoms with van der Waals surface area (Å²) in [5, 5.41) is 15.2. The lowest BCUT2D eigenvalue weighted by Crippen LogP contribution is -2.37. The molecule has 0 atom stereocenters. The first-order valence-corrected chi connectivity index (χ1v) is 8.43. The number of hydrogen-bond acceptors (Lipinski definition) is 5. The van der Waals surface area contributed by atoms with Crippen molar-refractivity contribution in [1.82, 2.24) is 25.5 Å². The Hall–Kier alpha value is -2.73. The Labute approximate surface area is 147 Å². The first kappa shape index (κ1) is 17.1. The number of hydrogen-bond donors (Lipinski definition) is 1. The molecule has 0 unspecified atom stereocenters. The summed E-state index contributed by atoms with van der Waals surface area (Å²) in [6, 6.07) is 17.9. The molecular formula is C19H23N5O. The van der Waals surface area contributed by atoms with E-state index in [1.165, 1.54) is 5.56 Å². The zero-order valence-corrected chi connectivity index (χ0v) is 14.8. The molecule has 3 rings (SSSR count). The van der Waals surface area contributed by atoms with Crippen molar-refractivity contribution < 1.29 is 4.74 Å². The van der Waals surface area contributed by atoms with E-state index in [0.717, 1.165) is 18.7 Å². The first-order valence-electron chi connectivity index (χ1n) is 8.43. The van der Waals surface area contributed by atoms with E-state index in [1.807, 2.05) is 54.6 Å². The van der Waals surface area contributed by atoms with Crippen molar-refractivity contribution in [2.45, 2.75) is 39.3 Å². The molecule has 0 radical (unpaired) electrons. The second kappa shape index (κ2) is 7.44. The Kier molecular flexibility index (Phi) is 5.09. The van der Waals surface area contributed by atoms with Crippen LogP contribution in [0.2, 0.25) is 0 Å². The van der Waals surface area contributed by atoms with Crippen LogP contribution in [0.4, 0.5) is 0 Å². The van der Waals surface area contributed by atoms with Crippen LogP contribution < -0.4 is 10.1 Å². The molecule has 25 heavy (non-hydrogen) atoms. The molecule has 2 aromatic carbocycles. The van der Waals surface area contributed by atoms with Gasteiger partial charge in [-0.3, -0.25) is 0 Å². The third-order valence-corrected chi connectivity index (χ3v) is 4.23. The SMILES string of the molecule is CCC(C)(C)NCc1ccc(Oc2nnnn2-c2ccccc2)cc1. The Morgan fingerprint density at radius 1 is 1.04 bits per heavy atom. The van der Waals surface area contributed by atoms with Crippen molar-refractivity contribution in [1.29, 1.82) is 0 Å². The molecule has 1 heterocycles. The molecule has 0 saturated carbocycles. The van der Waals surface area contributed by atoms with Crippen LogP contribution in [-0.2, 0) is 6.54 Å². The summed E-state index contributed by atoms with van der Waals surface area (Å²) in [7, 11) is 0. The highest BCUT2D eigenvalue weighted by molar-refractivity contribution is 5.34. The molecule has 0 aliphatic heterocycles. The summed E-state index contributed by atoms with van der Waals surface area (Å²) in [6.45, 7) is 7.41. The summed E-state index contributed by atoms with van der Waals surface area (Å²) >= 11 is 0. The van der Waals surface area contributed by atoms with Crippen LogP contribution in [-0.4, -0.2) is 25.7 Å². The summed E-state index contributed by atoms with van der Waals surface area (Å²) < 4.78 is 7.40. The molecule has 6 heteroatoms. The quantitative estimate of drug-likeness (QED) is 0.711. The van der Waals surface area contributed by atoms with E-state index in [2.05, 4.69) is 41.6 Å². The van der Waals surface area contributed by atoms with E-state index in [1.54, 1.807) is 4.68 Å². The Morgan fingerprint density at radius 2 is 1.76 bits per heavy atom. The Bertz CT molecular complexity index is 796. The van der Waals surface area contributed by atoms with Gasteiger partial charge in [0.1, 0.15) is 5.75 Å². The van der Waals surface area contributed by atoms with Crippen molar-refractivity contribution in [2.24, 2.45) is 0 Å². The number of rotatable bonds is 7. The fourth-order valence-corrected chi connectivity index (χ4v) is 2.22. The van der Waals surface area contributed by atoms with Crippen LogP contribution in [0.1, 0.15) is 32.8 Å². The third kappa shape index (κ3) is 4.42. The molecule has 130 valence electrons. The normalized spacial score (nSPS) is 11.5. The van der Waals surface area contributed by atoms with Crippen molar-refractivity contribution in [2.75, 3.05) is 0 Å². The number of nitrogens with one attached hydrogen (secondary N) is 1. The van der Waals surface area contributed by atoms with Crippen LogP contribution in [0, 0.1) is 0 Å². The highest BCUT2D eigenvalue weighted by atomic mass is 16.5. The molecule has 3 aromatic rings. The summed E-state index contributed by atoms with van der Waals surface area (Å²) in [6.07, 6.45) is 1.08. The minimum absolute atomic E-state index is 0.132. The number of ether oxygens (including phenoxy) is 1. The minimum atomic E-state index is 0.132. The van der Waals surface area contributed by atoms with Gasteiger partial charge in [-0.05, 0) is 60.5 Å². The predicted octanol–water partition coefficient (Wildman–Crippen LogP) is 3.73. The highest BCUT2D eigenvalue weighted by Gasteiger charge is 2.14. The largest absolute Gasteiger partial charge is 0.423 e. The second-order valence-electron chi connectivity index (χ2n) is 6.55. The monoisotopic (exact) mass is 337 g/mol. The molecule has 0 aliphatic rings. The minimum Gasteiger partial charge on any atom is -0.423 e. The lowest BCUT2D eigenvalue weighted by molar-refractivity contribution is 0.374. The number of aromatic nitrogens is 4. The van der Waals surface area contributed by atoms with E-state index in [4.69, 9.17) is 4.74 Å². The first-order chi connectivity index (χ1) is 12.1. The zero-order chi connectivity index (χ0) is 17.7. The molecule has 0 aliphatic carbocycles. The fraction of sp³-hybridized carbons (Fsp3) is 0.316. The van der Waals surface area contributed by atoms with Gasteiger partial charge in [-0.2, -0.15) is 4.68 Å². The zero-order valence-electron chi connectivity index (χ0n) is 14.8. The summed E-state index contributed by atoms with van der Waals surface area (Å²) in [5.41, 5.74) is 2.19. The molecule has 0 amide bonds. The van der Waals surface area contributed by atoms with Gasteiger partial charge < -0.3 is 10.1 Å². The van der Waals surface area contributed by atoms with Crippen molar-refractivity contribution in [3.05, 3.63) is 60.2 Å². The van der Waals surface area contributed by atoms with E-state index >= 15 is 0 Å². The van der Waals surface area contributed by atoms with Crippen molar-refractivity contribution >= 4 is 0 Å². The van der Waals surface area contributed by atoms with E-state index in [0.29, 0.717) is 11.8 Å². The van der Waals surface area contributed by atoms with Gasteiger partial charge in [0.2, 0.25) is 0 Å². The molecule has 1 aromatic heterocycles. The average Bonchev–Trinajstić information content (AvgIpc) is 3.10. The number of para-hydroxylation sites is 1. The smallest absolute Gasteiger partial charge is 0.345 e. The summed E-state index contributed by atoms with van der Waals surface area (Å²) in [5.74, 6) is 0.700. The molecular weight excluding hydrogens is 314 g/mol. The maximum Gasteiger partial charge on any atom is 0.345 e. The van der Waals surface area contributed by atoms with Gasteiger partial charge >= 0.3 is 6.01 Å². The van der Waals surface area contributed by atoms with Crippen molar-refractivity contribution in [3.63, 3.8) is 0 Å². The predicted molar refractivity (Wildman–Crippen MR) is 96.9 cm³/mol. The van der Waals surface area contributed by atoms with Gasteiger partial charge in [0.25, 0.3) is 0 Å². The number of tetrazole rings is 1. The Morgan fingerprint density at radius 3 is 2.44 bits per heavy atom. The van der Waals surface area contributed by atoms with Crippen LogP contribution in [0.3, 0.4) is 0 Å². The van der Waals surface area contributed by atoms with E-state index in [9.17, 15) is 0 Å².